The quantitative estimate of drug-likeness (QED) is 0.382. The van der Waals surface area contributed by atoms with Crippen molar-refractivity contribution in [3.05, 3.63) is 108 Å². The Kier molecular flexibility index (Phi) is 6.24. The molecule has 0 aliphatic carbocycles. The molecular formula is C27H22ClN3O4S. The zero-order valence-electron chi connectivity index (χ0n) is 19.7. The van der Waals surface area contributed by atoms with Gasteiger partial charge in [0, 0.05) is 17.1 Å². The van der Waals surface area contributed by atoms with Gasteiger partial charge in [-0.25, -0.2) is 9.79 Å². The van der Waals surface area contributed by atoms with Crippen LogP contribution in [0.3, 0.4) is 0 Å². The van der Waals surface area contributed by atoms with Crippen molar-refractivity contribution in [2.75, 3.05) is 18.1 Å². The number of ether oxygens (including phenoxy) is 1. The van der Waals surface area contributed by atoms with E-state index in [1.807, 2.05) is 24.3 Å². The van der Waals surface area contributed by atoms with E-state index in [0.29, 0.717) is 38.8 Å². The van der Waals surface area contributed by atoms with Gasteiger partial charge in [0.15, 0.2) is 4.80 Å². The molecule has 0 bridgehead atoms. The van der Waals surface area contributed by atoms with Crippen molar-refractivity contribution in [3.8, 4) is 0 Å². The summed E-state index contributed by atoms with van der Waals surface area (Å²) in [6.45, 7) is 7.70. The largest absolute Gasteiger partial charge is 0.463 e. The summed E-state index contributed by atoms with van der Waals surface area (Å²) in [5.41, 5.74) is 2.74. The fourth-order valence-corrected chi connectivity index (χ4v) is 5.87. The number of para-hydroxylation sites is 1. The number of carbonyl (C=O) groups excluding carboxylic acids is 2. The molecule has 0 saturated heterocycles. The predicted octanol–water partition coefficient (Wildman–Crippen LogP) is 3.35. The number of esters is 1. The second-order valence-corrected chi connectivity index (χ2v) is 9.68. The summed E-state index contributed by atoms with van der Waals surface area (Å²) >= 11 is 7.25. The molecule has 0 radical (unpaired) electrons. The molecule has 1 unspecified atom stereocenters. The van der Waals surface area contributed by atoms with Gasteiger partial charge in [-0.2, -0.15) is 0 Å². The van der Waals surface area contributed by atoms with Gasteiger partial charge in [-0.05, 0) is 37.6 Å². The molecule has 2 aliphatic heterocycles. The highest BCUT2D eigenvalue weighted by Crippen LogP contribution is 2.35. The highest BCUT2D eigenvalue weighted by atomic mass is 35.5. The maximum atomic E-state index is 14.0. The zero-order chi connectivity index (χ0) is 25.6. The third kappa shape index (κ3) is 3.73. The lowest BCUT2D eigenvalue weighted by atomic mass is 9.96. The summed E-state index contributed by atoms with van der Waals surface area (Å²) in [5.74, 6) is -0.818. The summed E-state index contributed by atoms with van der Waals surface area (Å²) in [5, 5.41) is 0.530. The van der Waals surface area contributed by atoms with Crippen LogP contribution in [0.2, 0.25) is 5.02 Å². The lowest BCUT2D eigenvalue weighted by Crippen LogP contribution is -2.41. The Bertz CT molecular complexity index is 1630. The minimum atomic E-state index is -0.775. The van der Waals surface area contributed by atoms with Crippen LogP contribution in [0.4, 0.5) is 5.69 Å². The lowest BCUT2D eigenvalue weighted by molar-refractivity contribution is -0.139. The van der Waals surface area contributed by atoms with Crippen molar-refractivity contribution in [1.29, 1.82) is 0 Å². The molecule has 1 atom stereocenters. The number of carbonyl (C=O) groups is 2. The Morgan fingerprint density at radius 3 is 2.61 bits per heavy atom. The van der Waals surface area contributed by atoms with Crippen molar-refractivity contribution >= 4 is 46.1 Å². The summed E-state index contributed by atoms with van der Waals surface area (Å²) in [6.07, 6.45) is 1.65. The minimum Gasteiger partial charge on any atom is -0.463 e. The van der Waals surface area contributed by atoms with Gasteiger partial charge in [0.25, 0.3) is 11.5 Å². The maximum Gasteiger partial charge on any atom is 0.338 e. The Balaban J connectivity index is 1.82. The highest BCUT2D eigenvalue weighted by Gasteiger charge is 2.37. The van der Waals surface area contributed by atoms with Gasteiger partial charge in [-0.1, -0.05) is 59.3 Å². The number of rotatable bonds is 5. The molecule has 3 aromatic rings. The van der Waals surface area contributed by atoms with Gasteiger partial charge < -0.3 is 9.64 Å². The number of hydrogen-bond acceptors (Lipinski definition) is 6. The average molecular weight is 520 g/mol. The normalized spacial score (nSPS) is 18.0. The Morgan fingerprint density at radius 1 is 1.19 bits per heavy atom. The van der Waals surface area contributed by atoms with Gasteiger partial charge in [0.1, 0.15) is 4.53 Å². The number of allylic oxidation sites excluding steroid dienone is 1. The Morgan fingerprint density at radius 2 is 1.92 bits per heavy atom. The van der Waals surface area contributed by atoms with E-state index in [4.69, 9.17) is 16.3 Å². The molecule has 3 heterocycles. The third-order valence-corrected chi connectivity index (χ3v) is 7.45. The molecule has 2 aromatic carbocycles. The second-order valence-electron chi connectivity index (χ2n) is 8.27. The van der Waals surface area contributed by atoms with Crippen LogP contribution < -0.4 is 19.8 Å². The van der Waals surface area contributed by atoms with E-state index >= 15 is 0 Å². The smallest absolute Gasteiger partial charge is 0.338 e. The topological polar surface area (TPSA) is 81.0 Å². The van der Waals surface area contributed by atoms with Crippen molar-refractivity contribution < 1.29 is 14.3 Å². The summed E-state index contributed by atoms with van der Waals surface area (Å²) in [7, 11) is 0. The van der Waals surface area contributed by atoms with E-state index in [1.165, 1.54) is 4.57 Å². The SMILES string of the molecule is C=CCN1C(=O)C(=c2sc3n(c2=O)C(c2ccc(Cl)cc2)C(C(=O)OCC)=C(C)N=3)c2ccccc21. The summed E-state index contributed by atoms with van der Waals surface area (Å²) in [4.78, 5) is 47.1. The van der Waals surface area contributed by atoms with Gasteiger partial charge in [0.05, 0.1) is 35.2 Å². The summed E-state index contributed by atoms with van der Waals surface area (Å²) in [6, 6.07) is 13.5. The van der Waals surface area contributed by atoms with Crippen LogP contribution in [0.5, 0.6) is 0 Å². The molecule has 0 saturated carbocycles. The van der Waals surface area contributed by atoms with Crippen LogP contribution in [0.1, 0.15) is 31.0 Å². The van der Waals surface area contributed by atoms with Crippen molar-refractivity contribution in [2.45, 2.75) is 19.9 Å². The number of hydrogen-bond donors (Lipinski definition) is 0. The number of nitrogens with zero attached hydrogens (tertiary/aromatic N) is 3. The molecule has 2 aliphatic rings. The monoisotopic (exact) mass is 519 g/mol. The number of anilines is 1. The Hall–Kier alpha value is -3.75. The van der Waals surface area contributed by atoms with E-state index in [0.717, 1.165) is 17.0 Å². The first kappa shape index (κ1) is 24.0. The van der Waals surface area contributed by atoms with Crippen LogP contribution in [0.25, 0.3) is 5.57 Å². The molecule has 0 N–H and O–H groups in total. The van der Waals surface area contributed by atoms with Crippen molar-refractivity contribution in [3.63, 3.8) is 0 Å². The number of aromatic nitrogens is 1. The molecule has 182 valence electrons. The van der Waals surface area contributed by atoms with E-state index in [-0.39, 0.29) is 22.6 Å². The molecule has 9 heteroatoms. The van der Waals surface area contributed by atoms with Crippen LogP contribution in [-0.2, 0) is 14.3 Å². The lowest BCUT2D eigenvalue weighted by Gasteiger charge is -2.24. The number of thiazole rings is 1. The van der Waals surface area contributed by atoms with Crippen LogP contribution in [0, 0.1) is 0 Å². The van der Waals surface area contributed by atoms with Gasteiger partial charge >= 0.3 is 5.97 Å². The van der Waals surface area contributed by atoms with Crippen LogP contribution in [0.15, 0.2) is 82.2 Å². The standard InChI is InChI=1S/C27H22ClN3O4S/c1-4-14-30-19-9-7-6-8-18(19)21(24(30)32)23-25(33)31-22(16-10-12-17(28)13-11-16)20(26(34)35-5-2)15(3)29-27(31)36-23/h4,6-13,22H,1,5,14H2,2-3H3. The van der Waals surface area contributed by atoms with Crippen LogP contribution >= 0.6 is 22.9 Å². The van der Waals surface area contributed by atoms with E-state index in [1.54, 1.807) is 49.1 Å². The molecular weight excluding hydrogens is 498 g/mol. The van der Waals surface area contributed by atoms with Crippen molar-refractivity contribution in [1.82, 2.24) is 4.57 Å². The fourth-order valence-electron chi connectivity index (χ4n) is 4.61. The third-order valence-electron chi connectivity index (χ3n) is 6.14. The molecule has 0 spiro atoms. The van der Waals surface area contributed by atoms with E-state index in [2.05, 4.69) is 11.6 Å². The van der Waals surface area contributed by atoms with Crippen molar-refractivity contribution in [2.24, 2.45) is 4.99 Å². The van der Waals surface area contributed by atoms with Gasteiger partial charge in [0.2, 0.25) is 0 Å². The highest BCUT2D eigenvalue weighted by molar-refractivity contribution is 7.07. The molecule has 5 rings (SSSR count). The first-order chi connectivity index (χ1) is 17.4. The zero-order valence-corrected chi connectivity index (χ0v) is 21.2. The number of benzene rings is 2. The Labute approximate surface area is 215 Å². The maximum absolute atomic E-state index is 14.0. The first-order valence-corrected chi connectivity index (χ1v) is 12.6. The van der Waals surface area contributed by atoms with E-state index < -0.39 is 17.6 Å². The predicted molar refractivity (Wildman–Crippen MR) is 140 cm³/mol. The molecule has 0 fully saturated rings. The molecule has 36 heavy (non-hydrogen) atoms. The number of fused-ring (bicyclic) bond motifs is 2. The van der Waals surface area contributed by atoms with Gasteiger partial charge in [-0.3, -0.25) is 14.2 Å². The molecule has 1 aromatic heterocycles. The molecule has 1 amide bonds. The average Bonchev–Trinajstić information content (AvgIpc) is 3.32. The van der Waals surface area contributed by atoms with Crippen LogP contribution in [-0.4, -0.2) is 29.6 Å². The number of amides is 1. The van der Waals surface area contributed by atoms with Gasteiger partial charge in [-0.15, -0.1) is 6.58 Å². The van der Waals surface area contributed by atoms with E-state index in [9.17, 15) is 14.4 Å². The second kappa shape index (κ2) is 9.37. The molecule has 7 nitrogen and oxygen atoms in total. The number of halogens is 1. The first-order valence-electron chi connectivity index (χ1n) is 11.4. The summed E-state index contributed by atoms with van der Waals surface area (Å²) < 4.78 is 7.07. The fraction of sp³-hybridized carbons (Fsp3) is 0.185. The minimum absolute atomic E-state index is 0.182.